The Bertz CT molecular complexity index is 1560. The lowest BCUT2D eigenvalue weighted by molar-refractivity contribution is -0.146. The van der Waals surface area contributed by atoms with Crippen molar-refractivity contribution in [3.8, 4) is 5.75 Å². The van der Waals surface area contributed by atoms with Crippen LogP contribution in [0.3, 0.4) is 0 Å². The van der Waals surface area contributed by atoms with E-state index in [9.17, 15) is 18.0 Å². The van der Waals surface area contributed by atoms with Gasteiger partial charge >= 0.3 is 5.97 Å². The lowest BCUT2D eigenvalue weighted by atomic mass is 10.1. The normalized spacial score (nSPS) is 12.7. The summed E-state index contributed by atoms with van der Waals surface area (Å²) in [5.74, 6) is -0.514. The fourth-order valence-electron chi connectivity index (χ4n) is 4.44. The molecule has 0 aliphatic carbocycles. The van der Waals surface area contributed by atoms with Gasteiger partial charge in [-0.15, -0.1) is 0 Å². The Morgan fingerprint density at radius 1 is 0.721 bits per heavy atom. The van der Waals surface area contributed by atoms with Gasteiger partial charge in [-0.3, -0.25) is 9.59 Å². The summed E-state index contributed by atoms with van der Waals surface area (Å²) in [6.07, 6.45) is 0.425. The van der Waals surface area contributed by atoms with Crippen LogP contribution in [0.15, 0.2) is 120 Å². The average Bonchev–Trinajstić information content (AvgIpc) is 3.00. The summed E-state index contributed by atoms with van der Waals surface area (Å²) < 4.78 is 40.5. The number of benzene rings is 4. The van der Waals surface area contributed by atoms with Crippen molar-refractivity contribution in [1.82, 2.24) is 10.0 Å². The largest absolute Gasteiger partial charge is 0.491 e. The van der Waals surface area contributed by atoms with Crippen LogP contribution < -0.4 is 14.8 Å². The molecule has 4 aromatic carbocycles. The Morgan fingerprint density at radius 2 is 1.26 bits per heavy atom. The minimum Gasteiger partial charge on any atom is -0.491 e. The van der Waals surface area contributed by atoms with E-state index >= 15 is 0 Å². The maximum Gasteiger partial charge on any atom is 0.324 e. The molecule has 43 heavy (non-hydrogen) atoms. The van der Waals surface area contributed by atoms with Crippen LogP contribution >= 0.6 is 0 Å². The summed E-state index contributed by atoms with van der Waals surface area (Å²) in [5.41, 5.74) is 2.18. The minimum absolute atomic E-state index is 0.00783. The van der Waals surface area contributed by atoms with Crippen LogP contribution in [0.25, 0.3) is 0 Å². The van der Waals surface area contributed by atoms with E-state index in [1.165, 1.54) is 12.1 Å². The molecule has 0 heterocycles. The number of amides is 1. The van der Waals surface area contributed by atoms with Gasteiger partial charge in [0.15, 0.2) is 0 Å². The summed E-state index contributed by atoms with van der Waals surface area (Å²) in [6, 6.07) is 31.6. The highest BCUT2D eigenvalue weighted by atomic mass is 32.2. The fourth-order valence-corrected chi connectivity index (χ4v) is 5.62. The van der Waals surface area contributed by atoms with E-state index in [1.54, 1.807) is 36.4 Å². The van der Waals surface area contributed by atoms with E-state index < -0.39 is 28.1 Å². The van der Waals surface area contributed by atoms with Crippen LogP contribution in [-0.2, 0) is 32.4 Å². The van der Waals surface area contributed by atoms with Crippen LogP contribution in [0.4, 0.5) is 0 Å². The summed E-state index contributed by atoms with van der Waals surface area (Å²) in [5, 5.41) is 2.95. The van der Waals surface area contributed by atoms with E-state index in [2.05, 4.69) is 10.0 Å². The Balaban J connectivity index is 1.51. The Labute approximate surface area is 253 Å². The maximum atomic E-state index is 13.5. The van der Waals surface area contributed by atoms with Crippen LogP contribution in [-0.4, -0.2) is 45.1 Å². The van der Waals surface area contributed by atoms with Gasteiger partial charge in [0.2, 0.25) is 10.0 Å². The number of sulfonamides is 1. The molecule has 1 amide bonds. The van der Waals surface area contributed by atoms with Gasteiger partial charge in [-0.25, -0.2) is 8.42 Å². The third-order valence-corrected chi connectivity index (χ3v) is 7.98. The summed E-state index contributed by atoms with van der Waals surface area (Å²) >= 11 is 0. The van der Waals surface area contributed by atoms with Crippen molar-refractivity contribution in [2.75, 3.05) is 6.61 Å². The molecule has 0 spiro atoms. The van der Waals surface area contributed by atoms with Crippen LogP contribution in [0, 0.1) is 0 Å². The second-order valence-electron chi connectivity index (χ2n) is 10.4. The molecule has 2 unspecified atom stereocenters. The van der Waals surface area contributed by atoms with Crippen LogP contribution in [0.5, 0.6) is 5.75 Å². The van der Waals surface area contributed by atoms with Crippen molar-refractivity contribution < 1.29 is 27.5 Å². The van der Waals surface area contributed by atoms with Crippen molar-refractivity contribution in [1.29, 1.82) is 0 Å². The molecule has 0 fully saturated rings. The number of carbonyl (C=O) groups excluding carboxylic acids is 2. The Morgan fingerprint density at radius 3 is 1.81 bits per heavy atom. The third-order valence-electron chi connectivity index (χ3n) is 6.49. The molecule has 2 N–H and O–H groups in total. The molecule has 8 nitrogen and oxygen atoms in total. The van der Waals surface area contributed by atoms with E-state index in [0.717, 1.165) is 11.1 Å². The molecule has 0 aliphatic heterocycles. The number of hydrogen-bond acceptors (Lipinski definition) is 6. The monoisotopic (exact) mass is 600 g/mol. The second-order valence-corrected chi connectivity index (χ2v) is 12.1. The number of hydrogen-bond donors (Lipinski definition) is 2. The molecule has 4 aromatic rings. The molecule has 9 heteroatoms. The lowest BCUT2D eigenvalue weighted by Crippen LogP contribution is -2.46. The van der Waals surface area contributed by atoms with Crippen molar-refractivity contribution in [3.05, 3.63) is 132 Å². The molecule has 0 radical (unpaired) electrons. The number of carbonyl (C=O) groups is 2. The third kappa shape index (κ3) is 9.80. The molecular weight excluding hydrogens is 564 g/mol. The molecule has 0 aliphatic rings. The lowest BCUT2D eigenvalue weighted by Gasteiger charge is -2.22. The van der Waals surface area contributed by atoms with Crippen molar-refractivity contribution >= 4 is 21.9 Å². The number of nitrogens with one attached hydrogen (secondary N) is 2. The average molecular weight is 601 g/mol. The van der Waals surface area contributed by atoms with Crippen molar-refractivity contribution in [2.24, 2.45) is 0 Å². The van der Waals surface area contributed by atoms with Gasteiger partial charge < -0.3 is 14.8 Å². The highest BCUT2D eigenvalue weighted by molar-refractivity contribution is 7.89. The van der Waals surface area contributed by atoms with Gasteiger partial charge in [-0.2, -0.15) is 4.72 Å². The van der Waals surface area contributed by atoms with Crippen molar-refractivity contribution in [2.45, 2.75) is 49.8 Å². The van der Waals surface area contributed by atoms with Gasteiger partial charge in [0.05, 0.1) is 17.0 Å². The molecule has 0 aromatic heterocycles. The highest BCUT2D eigenvalue weighted by Crippen LogP contribution is 2.18. The second kappa shape index (κ2) is 15.1. The van der Waals surface area contributed by atoms with E-state index in [4.69, 9.17) is 9.47 Å². The first kappa shape index (κ1) is 31.5. The first-order valence-electron chi connectivity index (χ1n) is 14.1. The predicted molar refractivity (Wildman–Crippen MR) is 165 cm³/mol. The van der Waals surface area contributed by atoms with Crippen LogP contribution in [0.1, 0.15) is 35.3 Å². The standard InChI is InChI=1S/C34H36N2O6S/c1-25(2)42-30-18-20-31(21-19-30)43(39,40)36-32(23-27-14-8-4-9-15-27)34(38)41-24-29(22-26-12-6-3-7-13-26)35-33(37)28-16-10-5-11-17-28/h3-21,25,29,32,36H,22-24H2,1-2H3,(H,35,37). The van der Waals surface area contributed by atoms with Gasteiger partial charge in [0, 0.05) is 5.56 Å². The van der Waals surface area contributed by atoms with Crippen molar-refractivity contribution in [3.63, 3.8) is 0 Å². The van der Waals surface area contributed by atoms with Crippen LogP contribution in [0.2, 0.25) is 0 Å². The molecule has 0 saturated heterocycles. The molecule has 0 bridgehead atoms. The Hall–Kier alpha value is -4.47. The smallest absolute Gasteiger partial charge is 0.324 e. The zero-order valence-electron chi connectivity index (χ0n) is 24.2. The van der Waals surface area contributed by atoms with E-state index in [1.807, 2.05) is 80.6 Å². The summed E-state index contributed by atoms with van der Waals surface area (Å²) in [6.45, 7) is 3.60. The number of rotatable bonds is 14. The zero-order chi connectivity index (χ0) is 30.7. The number of esters is 1. The Kier molecular flexibility index (Phi) is 11.1. The summed E-state index contributed by atoms with van der Waals surface area (Å²) in [4.78, 5) is 26.4. The molecule has 2 atom stereocenters. The SMILES string of the molecule is CC(C)Oc1ccc(S(=O)(=O)NC(Cc2ccccc2)C(=O)OCC(Cc2ccccc2)NC(=O)c2ccccc2)cc1. The molecule has 0 saturated carbocycles. The molecule has 4 rings (SSSR count). The first-order chi connectivity index (χ1) is 20.7. The summed E-state index contributed by atoms with van der Waals surface area (Å²) in [7, 11) is -4.09. The van der Waals surface area contributed by atoms with E-state index in [0.29, 0.717) is 17.7 Å². The minimum atomic E-state index is -4.09. The van der Waals surface area contributed by atoms with Gasteiger partial charge in [0.25, 0.3) is 5.91 Å². The van der Waals surface area contributed by atoms with Gasteiger partial charge in [-0.05, 0) is 74.2 Å². The van der Waals surface area contributed by atoms with Gasteiger partial charge in [-0.1, -0.05) is 78.9 Å². The number of ether oxygens (including phenoxy) is 2. The molecular formula is C34H36N2O6S. The highest BCUT2D eigenvalue weighted by Gasteiger charge is 2.28. The van der Waals surface area contributed by atoms with Gasteiger partial charge in [0.1, 0.15) is 18.4 Å². The zero-order valence-corrected chi connectivity index (χ0v) is 25.0. The maximum absolute atomic E-state index is 13.5. The first-order valence-corrected chi connectivity index (χ1v) is 15.6. The quantitative estimate of drug-likeness (QED) is 0.198. The fraction of sp³-hybridized carbons (Fsp3) is 0.235. The topological polar surface area (TPSA) is 111 Å². The van der Waals surface area contributed by atoms with E-state index in [-0.39, 0.29) is 29.9 Å². The molecule has 224 valence electrons. The predicted octanol–water partition coefficient (Wildman–Crippen LogP) is 4.95.